The van der Waals surface area contributed by atoms with Crippen molar-refractivity contribution in [2.24, 2.45) is 5.73 Å². The molecule has 0 unspecified atom stereocenters. The van der Waals surface area contributed by atoms with E-state index in [1.54, 1.807) is 0 Å². The summed E-state index contributed by atoms with van der Waals surface area (Å²) in [5.41, 5.74) is 5.41. The highest BCUT2D eigenvalue weighted by molar-refractivity contribution is 5.84. The van der Waals surface area contributed by atoms with E-state index in [4.69, 9.17) is 5.73 Å². The minimum Gasteiger partial charge on any atom is -0.356 e. The number of carbonyl (C=O) groups excluding carboxylic acids is 2. The third-order valence-electron chi connectivity index (χ3n) is 2.94. The van der Waals surface area contributed by atoms with Crippen LogP contribution in [0.15, 0.2) is 0 Å². The number of hydrogen-bond acceptors (Lipinski definition) is 4. The molecule has 0 fully saturated rings. The maximum atomic E-state index is 11.9. The lowest BCUT2D eigenvalue weighted by Crippen LogP contribution is -2.37. The molecular weight excluding hydrogens is 242 g/mol. The van der Waals surface area contributed by atoms with Crippen molar-refractivity contribution in [2.75, 3.05) is 19.6 Å². The average molecular weight is 271 g/mol. The predicted octanol–water partition coefficient (Wildman–Crippen LogP) is 0.969. The Balaban J connectivity index is 3.87. The Morgan fingerprint density at radius 2 is 1.89 bits per heavy atom. The highest BCUT2D eigenvalue weighted by Gasteiger charge is 2.15. The zero-order valence-electron chi connectivity index (χ0n) is 12.3. The second-order valence-corrected chi connectivity index (χ2v) is 4.71. The monoisotopic (exact) mass is 271 g/mol. The molecule has 5 heteroatoms. The Bertz CT molecular complexity index is 257. The van der Waals surface area contributed by atoms with Crippen molar-refractivity contribution in [1.82, 2.24) is 10.6 Å². The van der Waals surface area contributed by atoms with Crippen molar-refractivity contribution in [2.45, 2.75) is 58.4 Å². The lowest BCUT2D eigenvalue weighted by atomic mass is 10.0. The van der Waals surface area contributed by atoms with E-state index in [-0.39, 0.29) is 17.7 Å². The summed E-state index contributed by atoms with van der Waals surface area (Å²) in [5, 5.41) is 6.07. The van der Waals surface area contributed by atoms with Gasteiger partial charge in [0.05, 0.1) is 6.04 Å². The van der Waals surface area contributed by atoms with E-state index in [1.807, 2.05) is 13.8 Å². The van der Waals surface area contributed by atoms with Gasteiger partial charge in [0.2, 0.25) is 5.91 Å². The van der Waals surface area contributed by atoms with Gasteiger partial charge >= 0.3 is 0 Å². The molecule has 1 amide bonds. The molecule has 0 saturated heterocycles. The van der Waals surface area contributed by atoms with Crippen molar-refractivity contribution in [1.29, 1.82) is 0 Å². The van der Waals surface area contributed by atoms with Gasteiger partial charge in [-0.15, -0.1) is 0 Å². The number of ketones is 1. The molecule has 0 heterocycles. The summed E-state index contributed by atoms with van der Waals surface area (Å²) < 4.78 is 0. The number of hydrogen-bond donors (Lipinski definition) is 3. The number of amides is 1. The maximum Gasteiger partial charge on any atom is 0.219 e. The number of carbonyl (C=O) groups is 2. The van der Waals surface area contributed by atoms with Crippen LogP contribution >= 0.6 is 0 Å². The Hall–Kier alpha value is -0.940. The molecule has 0 aromatic rings. The minimum absolute atomic E-state index is 0.0944. The predicted molar refractivity (Wildman–Crippen MR) is 77.9 cm³/mol. The van der Waals surface area contributed by atoms with Gasteiger partial charge in [-0.05, 0) is 38.8 Å². The average Bonchev–Trinajstić information content (AvgIpc) is 2.39. The number of rotatable bonds is 12. The van der Waals surface area contributed by atoms with Gasteiger partial charge < -0.3 is 16.4 Å². The Kier molecular flexibility index (Phi) is 11.5. The smallest absolute Gasteiger partial charge is 0.219 e. The van der Waals surface area contributed by atoms with Gasteiger partial charge in [-0.3, -0.25) is 9.59 Å². The fraction of sp³-hybridized carbons (Fsp3) is 0.857. The number of nitrogens with one attached hydrogen (secondary N) is 2. The summed E-state index contributed by atoms with van der Waals surface area (Å²) in [6.07, 6.45) is 4.31. The molecule has 0 spiro atoms. The topological polar surface area (TPSA) is 84.2 Å². The van der Waals surface area contributed by atoms with Crippen LogP contribution < -0.4 is 16.4 Å². The van der Waals surface area contributed by atoms with E-state index in [1.165, 1.54) is 0 Å². The molecule has 0 radical (unpaired) electrons. The van der Waals surface area contributed by atoms with Crippen LogP contribution in [0.5, 0.6) is 0 Å². The highest BCUT2D eigenvalue weighted by Crippen LogP contribution is 2.03. The largest absolute Gasteiger partial charge is 0.356 e. The fourth-order valence-electron chi connectivity index (χ4n) is 1.92. The van der Waals surface area contributed by atoms with Crippen LogP contribution in [-0.2, 0) is 9.59 Å². The van der Waals surface area contributed by atoms with Crippen molar-refractivity contribution < 1.29 is 9.59 Å². The minimum atomic E-state index is -0.0976. The number of likely N-dealkylation sites (N-methyl/N-ethyl adjacent to an activating group) is 1. The van der Waals surface area contributed by atoms with Gasteiger partial charge in [-0.1, -0.05) is 13.8 Å². The van der Waals surface area contributed by atoms with Crippen molar-refractivity contribution >= 4 is 11.7 Å². The summed E-state index contributed by atoms with van der Waals surface area (Å²) in [6, 6.07) is -0.0976. The van der Waals surface area contributed by atoms with E-state index in [0.717, 1.165) is 32.2 Å². The fourth-order valence-corrected chi connectivity index (χ4v) is 1.92. The van der Waals surface area contributed by atoms with Gasteiger partial charge in [0.1, 0.15) is 5.78 Å². The maximum absolute atomic E-state index is 11.9. The second kappa shape index (κ2) is 12.1. The molecule has 0 aliphatic heterocycles. The van der Waals surface area contributed by atoms with Gasteiger partial charge in [-0.2, -0.15) is 0 Å². The lowest BCUT2D eigenvalue weighted by Gasteiger charge is -2.16. The van der Waals surface area contributed by atoms with Crippen molar-refractivity contribution in [3.05, 3.63) is 0 Å². The van der Waals surface area contributed by atoms with Crippen LogP contribution in [-0.4, -0.2) is 37.4 Å². The normalized spacial score (nSPS) is 12.2. The quantitative estimate of drug-likeness (QED) is 0.462. The van der Waals surface area contributed by atoms with E-state index in [0.29, 0.717) is 25.9 Å². The lowest BCUT2D eigenvalue weighted by molar-refractivity contribution is -0.121. The molecule has 0 aliphatic rings. The van der Waals surface area contributed by atoms with E-state index < -0.39 is 0 Å². The first-order chi connectivity index (χ1) is 9.15. The third-order valence-corrected chi connectivity index (χ3v) is 2.94. The van der Waals surface area contributed by atoms with Crippen LogP contribution in [0, 0.1) is 0 Å². The molecule has 0 aromatic heterocycles. The zero-order chi connectivity index (χ0) is 14.5. The summed E-state index contributed by atoms with van der Waals surface area (Å²) >= 11 is 0. The molecular formula is C14H29N3O2. The molecule has 19 heavy (non-hydrogen) atoms. The van der Waals surface area contributed by atoms with E-state index in [9.17, 15) is 9.59 Å². The van der Waals surface area contributed by atoms with E-state index in [2.05, 4.69) is 10.6 Å². The molecule has 0 saturated carbocycles. The molecule has 4 N–H and O–H groups in total. The second-order valence-electron chi connectivity index (χ2n) is 4.71. The van der Waals surface area contributed by atoms with Crippen LogP contribution in [0.1, 0.15) is 52.4 Å². The van der Waals surface area contributed by atoms with Gasteiger partial charge in [0.25, 0.3) is 0 Å². The van der Waals surface area contributed by atoms with Gasteiger partial charge in [0, 0.05) is 19.4 Å². The summed E-state index contributed by atoms with van der Waals surface area (Å²) in [7, 11) is 0. The van der Waals surface area contributed by atoms with Crippen molar-refractivity contribution in [3.63, 3.8) is 0 Å². The number of nitrogens with two attached hydrogens (primary N) is 1. The molecule has 1 atom stereocenters. The molecule has 0 bridgehead atoms. The van der Waals surface area contributed by atoms with Crippen LogP contribution in [0.4, 0.5) is 0 Å². The Labute approximate surface area is 116 Å². The van der Waals surface area contributed by atoms with Gasteiger partial charge in [0.15, 0.2) is 0 Å². The zero-order valence-corrected chi connectivity index (χ0v) is 12.3. The first-order valence-corrected chi connectivity index (χ1v) is 7.38. The molecule has 0 rings (SSSR count). The highest BCUT2D eigenvalue weighted by atomic mass is 16.1. The molecule has 0 aliphatic carbocycles. The van der Waals surface area contributed by atoms with E-state index >= 15 is 0 Å². The summed E-state index contributed by atoms with van der Waals surface area (Å²) in [4.78, 5) is 23.2. The standard InChI is InChI=1S/C14H29N3O2/c1-3-7-14(19)17-11-6-8-12(16-4-2)13(18)9-5-10-15/h12,16H,3-11,15H2,1-2H3,(H,17,19)/t12-/m1/s1. The molecule has 5 nitrogen and oxygen atoms in total. The molecule has 0 aromatic carbocycles. The first kappa shape index (κ1) is 18.1. The first-order valence-electron chi connectivity index (χ1n) is 7.38. The van der Waals surface area contributed by atoms with Crippen molar-refractivity contribution in [3.8, 4) is 0 Å². The third kappa shape index (κ3) is 9.62. The molecule has 112 valence electrons. The Morgan fingerprint density at radius 1 is 1.16 bits per heavy atom. The SMILES string of the molecule is CCCC(=O)NCCC[C@@H](NCC)C(=O)CCCN. The van der Waals surface area contributed by atoms with Crippen LogP contribution in [0.2, 0.25) is 0 Å². The number of Topliss-reactive ketones (excluding diaryl/α,β-unsaturated/α-hetero) is 1. The van der Waals surface area contributed by atoms with Crippen LogP contribution in [0.3, 0.4) is 0 Å². The summed E-state index contributed by atoms with van der Waals surface area (Å²) in [6.45, 7) is 5.95. The summed E-state index contributed by atoms with van der Waals surface area (Å²) in [5.74, 6) is 0.323. The van der Waals surface area contributed by atoms with Gasteiger partial charge in [-0.25, -0.2) is 0 Å². The van der Waals surface area contributed by atoms with Crippen LogP contribution in [0.25, 0.3) is 0 Å². The Morgan fingerprint density at radius 3 is 2.47 bits per heavy atom.